The SMILES string of the molecule is CC1(C(=O)O)CCCCC1.O=c1ccc(-c2ccc(-c3nc4ncc(Cl)cc4[nH]3)cn2)c[nH]1. The van der Waals surface area contributed by atoms with E-state index in [4.69, 9.17) is 16.7 Å². The molecule has 0 spiro atoms. The number of aromatic amines is 2. The molecule has 170 valence electrons. The minimum absolute atomic E-state index is 0.140. The molecule has 4 heterocycles. The first-order valence-electron chi connectivity index (χ1n) is 10.7. The third kappa shape index (κ3) is 5.28. The van der Waals surface area contributed by atoms with Crippen LogP contribution < -0.4 is 5.56 Å². The summed E-state index contributed by atoms with van der Waals surface area (Å²) in [4.78, 5) is 40.6. The molecule has 8 nitrogen and oxygen atoms in total. The lowest BCUT2D eigenvalue weighted by molar-refractivity contribution is -0.149. The van der Waals surface area contributed by atoms with E-state index in [2.05, 4.69) is 24.9 Å². The molecule has 33 heavy (non-hydrogen) atoms. The standard InChI is InChI=1S/C16H10ClN5O.C8H14O2/c17-11-5-13-16(20-8-11)22-15(21-13)10-1-3-12(18-7-10)9-2-4-14(23)19-6-9;1-8(7(9)10)5-3-2-4-6-8/h1-8H,(H,19,23)(H,20,21,22);2-6H2,1H3,(H,9,10). The summed E-state index contributed by atoms with van der Waals surface area (Å²) < 4.78 is 0. The maximum Gasteiger partial charge on any atom is 0.309 e. The van der Waals surface area contributed by atoms with Gasteiger partial charge in [0, 0.05) is 35.8 Å². The number of imidazole rings is 1. The van der Waals surface area contributed by atoms with Crippen molar-refractivity contribution >= 4 is 28.7 Å². The predicted molar refractivity (Wildman–Crippen MR) is 127 cm³/mol. The Hall–Kier alpha value is -3.52. The molecule has 3 N–H and O–H groups in total. The molecule has 0 amide bonds. The third-order valence-corrected chi connectivity index (χ3v) is 6.10. The minimum atomic E-state index is -0.618. The van der Waals surface area contributed by atoms with E-state index in [1.54, 1.807) is 30.7 Å². The Bertz CT molecular complexity index is 1300. The lowest BCUT2D eigenvalue weighted by Crippen LogP contribution is -2.29. The van der Waals surface area contributed by atoms with E-state index in [9.17, 15) is 9.59 Å². The quantitative estimate of drug-likeness (QED) is 0.388. The fourth-order valence-corrected chi connectivity index (χ4v) is 3.99. The van der Waals surface area contributed by atoms with Crippen LogP contribution in [-0.2, 0) is 4.79 Å². The van der Waals surface area contributed by atoms with Crippen LogP contribution in [0.15, 0.2) is 53.7 Å². The maximum atomic E-state index is 11.1. The van der Waals surface area contributed by atoms with E-state index in [-0.39, 0.29) is 5.56 Å². The van der Waals surface area contributed by atoms with E-state index in [0.717, 1.165) is 48.0 Å². The van der Waals surface area contributed by atoms with Crippen LogP contribution in [0.1, 0.15) is 39.0 Å². The molecule has 0 aliphatic heterocycles. The number of hydrogen-bond donors (Lipinski definition) is 3. The second kappa shape index (κ2) is 9.54. The van der Waals surface area contributed by atoms with Crippen molar-refractivity contribution in [3.8, 4) is 22.6 Å². The number of pyridine rings is 3. The van der Waals surface area contributed by atoms with Gasteiger partial charge in [-0.3, -0.25) is 14.6 Å². The van der Waals surface area contributed by atoms with Crippen LogP contribution in [0.3, 0.4) is 0 Å². The summed E-state index contributed by atoms with van der Waals surface area (Å²) in [6, 6.07) is 8.76. The van der Waals surface area contributed by atoms with Crippen LogP contribution in [0.2, 0.25) is 5.02 Å². The number of fused-ring (bicyclic) bond motifs is 1. The molecule has 1 aliphatic carbocycles. The Morgan fingerprint density at radius 3 is 2.42 bits per heavy atom. The summed E-state index contributed by atoms with van der Waals surface area (Å²) in [5.74, 6) is 0.0579. The number of rotatable bonds is 3. The largest absolute Gasteiger partial charge is 0.481 e. The first-order chi connectivity index (χ1) is 15.8. The van der Waals surface area contributed by atoms with E-state index in [1.807, 2.05) is 19.1 Å². The van der Waals surface area contributed by atoms with Crippen molar-refractivity contribution < 1.29 is 9.90 Å². The van der Waals surface area contributed by atoms with Crippen molar-refractivity contribution in [3.63, 3.8) is 0 Å². The van der Waals surface area contributed by atoms with E-state index >= 15 is 0 Å². The Morgan fingerprint density at radius 1 is 1.06 bits per heavy atom. The van der Waals surface area contributed by atoms with Gasteiger partial charge in [-0.2, -0.15) is 0 Å². The van der Waals surface area contributed by atoms with Crippen molar-refractivity contribution in [1.82, 2.24) is 24.9 Å². The number of aromatic nitrogens is 5. The maximum absolute atomic E-state index is 11.1. The van der Waals surface area contributed by atoms with Gasteiger partial charge in [0.05, 0.1) is 21.6 Å². The van der Waals surface area contributed by atoms with E-state index < -0.39 is 11.4 Å². The Labute approximate surface area is 195 Å². The number of aliphatic carboxylic acids is 1. The molecule has 1 aliphatic rings. The van der Waals surface area contributed by atoms with Crippen LogP contribution in [0.25, 0.3) is 33.8 Å². The average molecular weight is 466 g/mol. The monoisotopic (exact) mass is 465 g/mol. The molecular weight excluding hydrogens is 442 g/mol. The average Bonchev–Trinajstić information content (AvgIpc) is 3.24. The number of carboxylic acids is 1. The molecular formula is C24H24ClN5O3. The Balaban J connectivity index is 0.000000219. The van der Waals surface area contributed by atoms with Gasteiger partial charge in [0.25, 0.3) is 0 Å². The van der Waals surface area contributed by atoms with Crippen LogP contribution in [0.4, 0.5) is 0 Å². The van der Waals surface area contributed by atoms with Crippen molar-refractivity contribution in [2.75, 3.05) is 0 Å². The molecule has 0 unspecified atom stereocenters. The first-order valence-corrected chi connectivity index (χ1v) is 11.1. The predicted octanol–water partition coefficient (Wildman–Crippen LogP) is 5.07. The molecule has 4 aromatic heterocycles. The highest BCUT2D eigenvalue weighted by Gasteiger charge is 2.33. The van der Waals surface area contributed by atoms with Gasteiger partial charge < -0.3 is 15.1 Å². The third-order valence-electron chi connectivity index (χ3n) is 5.89. The van der Waals surface area contributed by atoms with Crippen molar-refractivity contribution in [3.05, 3.63) is 64.3 Å². The van der Waals surface area contributed by atoms with E-state index in [0.29, 0.717) is 16.5 Å². The van der Waals surface area contributed by atoms with Crippen molar-refractivity contribution in [1.29, 1.82) is 0 Å². The van der Waals surface area contributed by atoms with Gasteiger partial charge >= 0.3 is 5.97 Å². The van der Waals surface area contributed by atoms with Crippen LogP contribution >= 0.6 is 11.6 Å². The zero-order valence-corrected chi connectivity index (χ0v) is 18.9. The van der Waals surface area contributed by atoms with Gasteiger partial charge in [-0.05, 0) is 44.0 Å². The summed E-state index contributed by atoms with van der Waals surface area (Å²) in [6.07, 6.45) is 10.0. The molecule has 9 heteroatoms. The minimum Gasteiger partial charge on any atom is -0.481 e. The summed E-state index contributed by atoms with van der Waals surface area (Å²) in [7, 11) is 0. The molecule has 0 radical (unpaired) electrons. The molecule has 0 saturated heterocycles. The number of hydrogen-bond acceptors (Lipinski definition) is 5. The number of carbonyl (C=O) groups is 1. The summed E-state index contributed by atoms with van der Waals surface area (Å²) in [5.41, 5.74) is 3.28. The zero-order valence-electron chi connectivity index (χ0n) is 18.1. The van der Waals surface area contributed by atoms with Gasteiger partial charge in [0.2, 0.25) is 5.56 Å². The van der Waals surface area contributed by atoms with Gasteiger partial charge in [-0.25, -0.2) is 9.97 Å². The molecule has 1 saturated carbocycles. The topological polar surface area (TPSA) is 125 Å². The number of nitrogens with zero attached hydrogens (tertiary/aromatic N) is 3. The summed E-state index contributed by atoms with van der Waals surface area (Å²) in [6.45, 7) is 1.86. The normalized spacial score (nSPS) is 15.0. The highest BCUT2D eigenvalue weighted by molar-refractivity contribution is 6.31. The number of halogens is 1. The lowest BCUT2D eigenvalue weighted by atomic mass is 9.76. The number of H-pyrrole nitrogens is 2. The Morgan fingerprint density at radius 2 is 1.82 bits per heavy atom. The second-order valence-electron chi connectivity index (χ2n) is 8.41. The second-order valence-corrected chi connectivity index (χ2v) is 8.85. The first kappa shape index (κ1) is 22.7. The van der Waals surface area contributed by atoms with Gasteiger partial charge in [-0.15, -0.1) is 0 Å². The van der Waals surface area contributed by atoms with Crippen molar-refractivity contribution in [2.45, 2.75) is 39.0 Å². The Kier molecular flexibility index (Phi) is 6.55. The molecule has 0 aromatic carbocycles. The fraction of sp³-hybridized carbons (Fsp3) is 0.292. The lowest BCUT2D eigenvalue weighted by Gasteiger charge is -2.28. The molecule has 0 atom stereocenters. The molecule has 5 rings (SSSR count). The summed E-state index contributed by atoms with van der Waals surface area (Å²) >= 11 is 5.93. The van der Waals surface area contributed by atoms with Crippen LogP contribution in [0.5, 0.6) is 0 Å². The number of carboxylic acid groups (broad SMARTS) is 1. The zero-order chi connectivity index (χ0) is 23.4. The van der Waals surface area contributed by atoms with Crippen molar-refractivity contribution in [2.24, 2.45) is 5.41 Å². The molecule has 1 fully saturated rings. The molecule has 4 aromatic rings. The van der Waals surface area contributed by atoms with Gasteiger partial charge in [0.15, 0.2) is 5.65 Å². The van der Waals surface area contributed by atoms with Gasteiger partial charge in [0.1, 0.15) is 5.82 Å². The fourth-order valence-electron chi connectivity index (χ4n) is 3.83. The van der Waals surface area contributed by atoms with Crippen LogP contribution in [0, 0.1) is 5.41 Å². The highest BCUT2D eigenvalue weighted by atomic mass is 35.5. The van der Waals surface area contributed by atoms with Gasteiger partial charge in [-0.1, -0.05) is 30.9 Å². The molecule has 0 bridgehead atoms. The highest BCUT2D eigenvalue weighted by Crippen LogP contribution is 2.35. The van der Waals surface area contributed by atoms with Crippen LogP contribution in [-0.4, -0.2) is 36.0 Å². The smallest absolute Gasteiger partial charge is 0.309 e. The van der Waals surface area contributed by atoms with E-state index in [1.165, 1.54) is 12.5 Å². The number of nitrogens with one attached hydrogen (secondary N) is 2. The summed E-state index contributed by atoms with van der Waals surface area (Å²) in [5, 5.41) is 9.35.